The van der Waals surface area contributed by atoms with E-state index in [9.17, 15) is 0 Å². The largest absolute Gasteiger partial charge is 0.373 e. The molecule has 1 aromatic carbocycles. The summed E-state index contributed by atoms with van der Waals surface area (Å²) in [5.41, 5.74) is 7.27. The Bertz CT molecular complexity index is 513. The summed E-state index contributed by atoms with van der Waals surface area (Å²) in [6, 6.07) is 9.73. The molecule has 0 aliphatic heterocycles. The Kier molecular flexibility index (Phi) is 5.26. The van der Waals surface area contributed by atoms with Crippen LogP contribution in [0, 0.1) is 0 Å². The van der Waals surface area contributed by atoms with E-state index in [-0.39, 0.29) is 12.1 Å². The number of benzene rings is 1. The molecular weight excluding hydrogens is 254 g/mol. The first-order valence-electron chi connectivity index (χ1n) is 6.90. The normalized spacial score (nSPS) is 14.2. The Morgan fingerprint density at radius 2 is 2.05 bits per heavy atom. The molecule has 1 aromatic heterocycles. The SMILES string of the molecule is CCCC(OC)c1noc([C@@H](N)Cc2ccccc2)n1. The Labute approximate surface area is 119 Å². The highest BCUT2D eigenvalue weighted by Gasteiger charge is 2.20. The fourth-order valence-electron chi connectivity index (χ4n) is 2.10. The molecule has 0 saturated carbocycles. The molecule has 5 nitrogen and oxygen atoms in total. The molecule has 20 heavy (non-hydrogen) atoms. The molecule has 1 heterocycles. The standard InChI is InChI=1S/C15H21N3O2/c1-3-7-13(19-2)14-17-15(20-18-14)12(16)10-11-8-5-4-6-9-11/h4-6,8-9,12-13H,3,7,10,16H2,1-2H3/t12-,13?/m0/s1. The summed E-state index contributed by atoms with van der Waals surface area (Å²) in [5.74, 6) is 1.04. The molecule has 2 rings (SSSR count). The van der Waals surface area contributed by atoms with Crippen LogP contribution in [-0.4, -0.2) is 17.3 Å². The van der Waals surface area contributed by atoms with Crippen LogP contribution in [0.2, 0.25) is 0 Å². The molecule has 2 atom stereocenters. The second-order valence-electron chi connectivity index (χ2n) is 4.80. The minimum Gasteiger partial charge on any atom is -0.373 e. The van der Waals surface area contributed by atoms with Crippen molar-refractivity contribution in [3.8, 4) is 0 Å². The van der Waals surface area contributed by atoms with E-state index in [1.165, 1.54) is 0 Å². The third-order valence-corrected chi connectivity index (χ3v) is 3.20. The predicted octanol–water partition coefficient (Wildman–Crippen LogP) is 2.80. The molecule has 0 saturated heterocycles. The molecule has 1 unspecified atom stereocenters. The van der Waals surface area contributed by atoms with Crippen LogP contribution in [0.4, 0.5) is 0 Å². The minimum absolute atomic E-state index is 0.124. The third-order valence-electron chi connectivity index (χ3n) is 3.20. The van der Waals surface area contributed by atoms with Gasteiger partial charge in [-0.25, -0.2) is 0 Å². The van der Waals surface area contributed by atoms with Crippen LogP contribution in [0.25, 0.3) is 0 Å². The highest BCUT2D eigenvalue weighted by atomic mass is 16.5. The van der Waals surface area contributed by atoms with E-state index in [1.807, 2.05) is 30.3 Å². The lowest BCUT2D eigenvalue weighted by atomic mass is 10.1. The molecule has 0 spiro atoms. The first-order valence-corrected chi connectivity index (χ1v) is 6.90. The predicted molar refractivity (Wildman–Crippen MR) is 76.0 cm³/mol. The monoisotopic (exact) mass is 275 g/mol. The molecule has 108 valence electrons. The summed E-state index contributed by atoms with van der Waals surface area (Å²) in [6.07, 6.45) is 2.41. The second-order valence-corrected chi connectivity index (χ2v) is 4.80. The van der Waals surface area contributed by atoms with Gasteiger partial charge in [0.15, 0.2) is 0 Å². The number of hydrogen-bond acceptors (Lipinski definition) is 5. The summed E-state index contributed by atoms with van der Waals surface area (Å²) in [6.45, 7) is 2.09. The van der Waals surface area contributed by atoms with E-state index in [2.05, 4.69) is 17.1 Å². The van der Waals surface area contributed by atoms with Crippen LogP contribution in [0.1, 0.15) is 49.2 Å². The van der Waals surface area contributed by atoms with Gasteiger partial charge in [0.05, 0.1) is 6.04 Å². The Morgan fingerprint density at radius 1 is 1.30 bits per heavy atom. The van der Waals surface area contributed by atoms with Crippen molar-refractivity contribution < 1.29 is 9.26 Å². The summed E-state index contributed by atoms with van der Waals surface area (Å²) in [7, 11) is 1.65. The topological polar surface area (TPSA) is 74.2 Å². The van der Waals surface area contributed by atoms with E-state index in [1.54, 1.807) is 7.11 Å². The maximum Gasteiger partial charge on any atom is 0.243 e. The lowest BCUT2D eigenvalue weighted by molar-refractivity contribution is 0.0854. The Morgan fingerprint density at radius 3 is 2.70 bits per heavy atom. The quantitative estimate of drug-likeness (QED) is 0.841. The molecule has 0 aliphatic rings. The van der Waals surface area contributed by atoms with E-state index >= 15 is 0 Å². The lowest BCUT2D eigenvalue weighted by Gasteiger charge is -2.09. The van der Waals surface area contributed by atoms with Gasteiger partial charge in [-0.2, -0.15) is 4.98 Å². The summed E-state index contributed by atoms with van der Waals surface area (Å²) >= 11 is 0. The highest BCUT2D eigenvalue weighted by molar-refractivity contribution is 5.16. The Hall–Kier alpha value is -1.72. The molecule has 0 fully saturated rings. The molecule has 0 aliphatic carbocycles. The van der Waals surface area contributed by atoms with Gasteiger partial charge in [0.2, 0.25) is 11.7 Å². The fourth-order valence-corrected chi connectivity index (χ4v) is 2.10. The van der Waals surface area contributed by atoms with Gasteiger partial charge in [0.1, 0.15) is 6.10 Å². The fraction of sp³-hybridized carbons (Fsp3) is 0.467. The van der Waals surface area contributed by atoms with Crippen LogP contribution in [-0.2, 0) is 11.2 Å². The molecule has 2 N–H and O–H groups in total. The molecular formula is C15H21N3O2. The van der Waals surface area contributed by atoms with Gasteiger partial charge in [0.25, 0.3) is 0 Å². The van der Waals surface area contributed by atoms with Crippen molar-refractivity contribution in [1.29, 1.82) is 0 Å². The van der Waals surface area contributed by atoms with E-state index in [0.29, 0.717) is 18.1 Å². The van der Waals surface area contributed by atoms with Crippen LogP contribution in [0.5, 0.6) is 0 Å². The average Bonchev–Trinajstić information content (AvgIpc) is 2.95. The lowest BCUT2D eigenvalue weighted by Crippen LogP contribution is -2.14. The zero-order valence-corrected chi connectivity index (χ0v) is 12.0. The number of aromatic nitrogens is 2. The average molecular weight is 275 g/mol. The van der Waals surface area contributed by atoms with Crippen molar-refractivity contribution in [1.82, 2.24) is 10.1 Å². The van der Waals surface area contributed by atoms with Gasteiger partial charge >= 0.3 is 0 Å². The highest BCUT2D eigenvalue weighted by Crippen LogP contribution is 2.21. The first kappa shape index (κ1) is 14.7. The molecule has 0 amide bonds. The summed E-state index contributed by atoms with van der Waals surface area (Å²) in [4.78, 5) is 4.37. The smallest absolute Gasteiger partial charge is 0.243 e. The van der Waals surface area contributed by atoms with Crippen LogP contribution >= 0.6 is 0 Å². The van der Waals surface area contributed by atoms with Gasteiger partial charge in [-0.15, -0.1) is 0 Å². The first-order chi connectivity index (χ1) is 9.74. The second kappa shape index (κ2) is 7.17. The molecule has 2 aromatic rings. The van der Waals surface area contributed by atoms with Gasteiger partial charge < -0.3 is 15.0 Å². The Balaban J connectivity index is 2.04. The van der Waals surface area contributed by atoms with Gasteiger partial charge in [0, 0.05) is 7.11 Å². The zero-order chi connectivity index (χ0) is 14.4. The number of nitrogens with two attached hydrogens (primary N) is 1. The van der Waals surface area contributed by atoms with Crippen molar-refractivity contribution in [2.75, 3.05) is 7.11 Å². The van der Waals surface area contributed by atoms with Crippen molar-refractivity contribution >= 4 is 0 Å². The van der Waals surface area contributed by atoms with Gasteiger partial charge in [-0.05, 0) is 18.4 Å². The third kappa shape index (κ3) is 3.65. The minimum atomic E-state index is -0.294. The van der Waals surface area contributed by atoms with Crippen molar-refractivity contribution in [2.24, 2.45) is 5.73 Å². The molecule has 5 heteroatoms. The number of nitrogens with zero attached hydrogens (tertiary/aromatic N) is 2. The van der Waals surface area contributed by atoms with Crippen LogP contribution < -0.4 is 5.73 Å². The molecule has 0 radical (unpaired) electrons. The number of ether oxygens (including phenoxy) is 1. The number of hydrogen-bond donors (Lipinski definition) is 1. The van der Waals surface area contributed by atoms with Crippen LogP contribution in [0.3, 0.4) is 0 Å². The van der Waals surface area contributed by atoms with Gasteiger partial charge in [-0.3, -0.25) is 0 Å². The number of methoxy groups -OCH3 is 1. The van der Waals surface area contributed by atoms with Crippen molar-refractivity contribution in [3.05, 3.63) is 47.6 Å². The van der Waals surface area contributed by atoms with E-state index < -0.39 is 0 Å². The maximum absolute atomic E-state index is 6.12. The zero-order valence-electron chi connectivity index (χ0n) is 12.0. The van der Waals surface area contributed by atoms with E-state index in [4.69, 9.17) is 15.0 Å². The van der Waals surface area contributed by atoms with Crippen LogP contribution in [0.15, 0.2) is 34.9 Å². The maximum atomic E-state index is 6.12. The number of rotatable bonds is 7. The van der Waals surface area contributed by atoms with E-state index in [0.717, 1.165) is 18.4 Å². The van der Waals surface area contributed by atoms with Crippen molar-refractivity contribution in [3.63, 3.8) is 0 Å². The summed E-state index contributed by atoms with van der Waals surface area (Å²) < 4.78 is 10.6. The summed E-state index contributed by atoms with van der Waals surface area (Å²) in [5, 5.41) is 3.98. The van der Waals surface area contributed by atoms with Gasteiger partial charge in [-0.1, -0.05) is 48.8 Å². The van der Waals surface area contributed by atoms with Crippen molar-refractivity contribution in [2.45, 2.75) is 38.3 Å². The molecule has 0 bridgehead atoms.